The first-order chi connectivity index (χ1) is 8.53. The lowest BCUT2D eigenvalue weighted by Crippen LogP contribution is -2.48. The predicted molar refractivity (Wildman–Crippen MR) is 68.8 cm³/mol. The summed E-state index contributed by atoms with van der Waals surface area (Å²) in [6.07, 6.45) is 3.86. The van der Waals surface area contributed by atoms with Crippen molar-refractivity contribution < 1.29 is 9.18 Å². The molecule has 1 aliphatic carbocycles. The lowest BCUT2D eigenvalue weighted by atomic mass is 9.88. The van der Waals surface area contributed by atoms with Gasteiger partial charge < -0.3 is 10.2 Å². The summed E-state index contributed by atoms with van der Waals surface area (Å²) in [5.74, 6) is -0.252. The Kier molecular flexibility index (Phi) is 3.55. The summed E-state index contributed by atoms with van der Waals surface area (Å²) < 4.78 is 13.4. The fraction of sp³-hybridized carbons (Fsp3) is 0.500. The first-order valence-corrected chi connectivity index (χ1v) is 6.29. The molecule has 0 heterocycles. The standard InChI is InChI=1S/C14H19FN2O/c1-17(2)13(18)16-14(8-3-4-9-14)11-6-5-7-12(15)10-11/h5-7,10H,3-4,8-9H2,1-2H3,(H,16,18). The fourth-order valence-electron chi connectivity index (χ4n) is 2.57. The number of nitrogens with one attached hydrogen (secondary N) is 1. The van der Waals surface area contributed by atoms with Crippen LogP contribution in [0.1, 0.15) is 31.2 Å². The maximum atomic E-state index is 13.4. The maximum Gasteiger partial charge on any atom is 0.317 e. The van der Waals surface area contributed by atoms with E-state index in [1.165, 1.54) is 17.0 Å². The van der Waals surface area contributed by atoms with Gasteiger partial charge in [0.15, 0.2) is 0 Å². The summed E-state index contributed by atoms with van der Waals surface area (Å²) in [6.45, 7) is 0. The van der Waals surface area contributed by atoms with Gasteiger partial charge in [0.2, 0.25) is 0 Å². The molecule has 98 valence electrons. The van der Waals surface area contributed by atoms with Gasteiger partial charge in [0.25, 0.3) is 0 Å². The molecule has 18 heavy (non-hydrogen) atoms. The van der Waals surface area contributed by atoms with E-state index < -0.39 is 5.54 Å². The van der Waals surface area contributed by atoms with E-state index in [2.05, 4.69) is 5.32 Å². The third kappa shape index (κ3) is 2.47. The summed E-state index contributed by atoms with van der Waals surface area (Å²) in [5, 5.41) is 3.06. The quantitative estimate of drug-likeness (QED) is 0.860. The van der Waals surface area contributed by atoms with Crippen molar-refractivity contribution in [2.75, 3.05) is 14.1 Å². The van der Waals surface area contributed by atoms with E-state index in [-0.39, 0.29) is 11.8 Å². The normalized spacial score (nSPS) is 17.5. The molecule has 0 bridgehead atoms. The first-order valence-electron chi connectivity index (χ1n) is 6.29. The molecule has 1 aliphatic rings. The van der Waals surface area contributed by atoms with Crippen LogP contribution in [0, 0.1) is 5.82 Å². The topological polar surface area (TPSA) is 32.3 Å². The lowest BCUT2D eigenvalue weighted by molar-refractivity contribution is 0.200. The summed E-state index contributed by atoms with van der Waals surface area (Å²) in [5.41, 5.74) is 0.471. The number of carbonyl (C=O) groups is 1. The van der Waals surface area contributed by atoms with E-state index in [0.717, 1.165) is 31.2 Å². The highest BCUT2D eigenvalue weighted by atomic mass is 19.1. The second-order valence-electron chi connectivity index (χ2n) is 5.12. The molecule has 3 nitrogen and oxygen atoms in total. The van der Waals surface area contributed by atoms with Crippen molar-refractivity contribution in [3.63, 3.8) is 0 Å². The Morgan fingerprint density at radius 1 is 1.33 bits per heavy atom. The highest BCUT2D eigenvalue weighted by Gasteiger charge is 2.37. The zero-order valence-corrected chi connectivity index (χ0v) is 10.9. The van der Waals surface area contributed by atoms with Crippen LogP contribution in [0.3, 0.4) is 0 Å². The van der Waals surface area contributed by atoms with Crippen LogP contribution in [0.15, 0.2) is 24.3 Å². The van der Waals surface area contributed by atoms with Crippen LogP contribution in [0.4, 0.5) is 9.18 Å². The second kappa shape index (κ2) is 4.96. The maximum absolute atomic E-state index is 13.4. The first kappa shape index (κ1) is 12.9. The molecule has 0 radical (unpaired) electrons. The van der Waals surface area contributed by atoms with Crippen LogP contribution in [-0.4, -0.2) is 25.0 Å². The van der Waals surface area contributed by atoms with Crippen molar-refractivity contribution in [1.82, 2.24) is 10.2 Å². The minimum Gasteiger partial charge on any atom is -0.331 e. The van der Waals surface area contributed by atoms with Gasteiger partial charge in [-0.3, -0.25) is 0 Å². The highest BCUT2D eigenvalue weighted by Crippen LogP contribution is 2.38. The average Bonchev–Trinajstić information content (AvgIpc) is 2.78. The Morgan fingerprint density at radius 3 is 2.56 bits per heavy atom. The zero-order chi connectivity index (χ0) is 13.2. The minimum absolute atomic E-state index is 0.124. The summed E-state index contributed by atoms with van der Waals surface area (Å²) >= 11 is 0. The van der Waals surface area contributed by atoms with Crippen molar-refractivity contribution >= 4 is 6.03 Å². The molecule has 1 fully saturated rings. The predicted octanol–water partition coefficient (Wildman–Crippen LogP) is 2.87. The SMILES string of the molecule is CN(C)C(=O)NC1(c2cccc(F)c2)CCCC1. The average molecular weight is 250 g/mol. The zero-order valence-electron chi connectivity index (χ0n) is 10.9. The molecule has 0 aliphatic heterocycles. The Labute approximate surface area is 107 Å². The lowest BCUT2D eigenvalue weighted by Gasteiger charge is -2.32. The van der Waals surface area contributed by atoms with Gasteiger partial charge in [0.1, 0.15) is 5.82 Å². The summed E-state index contributed by atoms with van der Waals surface area (Å²) in [7, 11) is 3.42. The number of carbonyl (C=O) groups excluding carboxylic acids is 1. The van der Waals surface area contributed by atoms with Gasteiger partial charge in [0.05, 0.1) is 5.54 Å². The van der Waals surface area contributed by atoms with Gasteiger partial charge >= 0.3 is 6.03 Å². The van der Waals surface area contributed by atoms with Gasteiger partial charge in [-0.25, -0.2) is 9.18 Å². The van der Waals surface area contributed by atoms with Crippen LogP contribution < -0.4 is 5.32 Å². The molecule has 0 aromatic heterocycles. The van der Waals surface area contributed by atoms with Gasteiger partial charge in [0, 0.05) is 14.1 Å². The van der Waals surface area contributed by atoms with Crippen LogP contribution in [-0.2, 0) is 5.54 Å². The van der Waals surface area contributed by atoms with Crippen molar-refractivity contribution in [3.8, 4) is 0 Å². The molecule has 1 aromatic carbocycles. The van der Waals surface area contributed by atoms with E-state index >= 15 is 0 Å². The van der Waals surface area contributed by atoms with Crippen molar-refractivity contribution in [2.45, 2.75) is 31.2 Å². The number of hydrogen-bond donors (Lipinski definition) is 1. The molecular weight excluding hydrogens is 231 g/mol. The van der Waals surface area contributed by atoms with Crippen LogP contribution in [0.2, 0.25) is 0 Å². The molecule has 1 saturated carbocycles. The van der Waals surface area contributed by atoms with Gasteiger partial charge in [-0.15, -0.1) is 0 Å². The number of rotatable bonds is 2. The molecule has 0 saturated heterocycles. The van der Waals surface area contributed by atoms with E-state index in [1.54, 1.807) is 20.2 Å². The monoisotopic (exact) mass is 250 g/mol. The molecule has 0 spiro atoms. The molecule has 4 heteroatoms. The Balaban J connectivity index is 2.29. The Hall–Kier alpha value is -1.58. The van der Waals surface area contributed by atoms with Crippen molar-refractivity contribution in [3.05, 3.63) is 35.6 Å². The molecule has 2 amide bonds. The van der Waals surface area contributed by atoms with E-state index in [4.69, 9.17) is 0 Å². The van der Waals surface area contributed by atoms with Crippen LogP contribution in [0.25, 0.3) is 0 Å². The van der Waals surface area contributed by atoms with Crippen LogP contribution >= 0.6 is 0 Å². The van der Waals surface area contributed by atoms with Gasteiger partial charge in [-0.05, 0) is 30.5 Å². The third-order valence-corrected chi connectivity index (χ3v) is 3.59. The van der Waals surface area contributed by atoms with E-state index in [9.17, 15) is 9.18 Å². The number of hydrogen-bond acceptors (Lipinski definition) is 1. The molecule has 0 unspecified atom stereocenters. The summed E-state index contributed by atoms with van der Waals surface area (Å²) in [6, 6.07) is 6.43. The van der Waals surface area contributed by atoms with Gasteiger partial charge in [-0.1, -0.05) is 25.0 Å². The molecule has 2 rings (SSSR count). The van der Waals surface area contributed by atoms with E-state index in [0.29, 0.717) is 0 Å². The van der Waals surface area contributed by atoms with Crippen LogP contribution in [0.5, 0.6) is 0 Å². The van der Waals surface area contributed by atoms with Crippen molar-refractivity contribution in [2.24, 2.45) is 0 Å². The molecule has 0 atom stereocenters. The third-order valence-electron chi connectivity index (χ3n) is 3.59. The molecular formula is C14H19FN2O. The van der Waals surface area contributed by atoms with E-state index in [1.807, 2.05) is 6.07 Å². The second-order valence-corrected chi connectivity index (χ2v) is 5.12. The highest BCUT2D eigenvalue weighted by molar-refractivity contribution is 5.74. The number of nitrogens with zero attached hydrogens (tertiary/aromatic N) is 1. The Bertz CT molecular complexity index is 439. The number of halogens is 1. The largest absolute Gasteiger partial charge is 0.331 e. The molecule has 1 aromatic rings. The minimum atomic E-state index is -0.399. The Morgan fingerprint density at radius 2 is 2.00 bits per heavy atom. The number of benzene rings is 1. The fourth-order valence-corrected chi connectivity index (χ4v) is 2.57. The number of urea groups is 1. The smallest absolute Gasteiger partial charge is 0.317 e. The van der Waals surface area contributed by atoms with Gasteiger partial charge in [-0.2, -0.15) is 0 Å². The van der Waals surface area contributed by atoms with Crippen molar-refractivity contribution in [1.29, 1.82) is 0 Å². The number of amides is 2. The molecule has 1 N–H and O–H groups in total. The summed E-state index contributed by atoms with van der Waals surface area (Å²) in [4.78, 5) is 13.4.